The molecule has 0 N–H and O–H groups in total. The van der Waals surface area contributed by atoms with Crippen LogP contribution in [-0.2, 0) is 0 Å². The lowest BCUT2D eigenvalue weighted by molar-refractivity contribution is 0.669. The molecule has 1 heteroatoms. The standard InChI is InChI=1S/C46H28O/c1-2-10-35-30(9-1)19-20-31-21-24-33(27-41(31)35)29-17-22-32(23-18-29)45-37-12-3-5-14-39(37)46(40-15-6-4-13-38(40)45)34-25-26-44-42(28-34)36-11-7-8-16-43(36)47-44/h1-28H/i1D,2D,3D,4D,5D,6D,7D,8D,9D,10D,11D,12D,13D,14D,15D,16D,17D,18D,19D,20D,21D,22D,23D,24D,25D,26D,27D,28D. The molecular formula is C46H28O. The summed E-state index contributed by atoms with van der Waals surface area (Å²) in [4.78, 5) is 0. The summed E-state index contributed by atoms with van der Waals surface area (Å²) >= 11 is 0. The van der Waals surface area contributed by atoms with E-state index in [1.807, 2.05) is 0 Å². The van der Waals surface area contributed by atoms with Gasteiger partial charge in [0.05, 0.1) is 38.4 Å². The fourth-order valence-electron chi connectivity index (χ4n) is 5.65. The van der Waals surface area contributed by atoms with Gasteiger partial charge in [-0.25, -0.2) is 0 Å². The predicted octanol–water partition coefficient (Wildman–Crippen LogP) is 13.2. The van der Waals surface area contributed by atoms with Crippen molar-refractivity contribution in [1.82, 2.24) is 0 Å². The normalized spacial score (nSPS) is 20.2. The van der Waals surface area contributed by atoms with E-state index in [-0.39, 0.29) is 0 Å². The fraction of sp³-hybridized carbons (Fsp3) is 0. The van der Waals surface area contributed by atoms with Crippen molar-refractivity contribution in [2.24, 2.45) is 0 Å². The van der Waals surface area contributed by atoms with Crippen LogP contribution in [-0.4, -0.2) is 0 Å². The van der Waals surface area contributed by atoms with Crippen LogP contribution in [0.1, 0.15) is 38.4 Å². The Labute approximate surface area is 311 Å². The number of rotatable bonds is 3. The lowest BCUT2D eigenvalue weighted by Crippen LogP contribution is -1.91. The van der Waals surface area contributed by atoms with Crippen LogP contribution in [0.5, 0.6) is 0 Å². The van der Waals surface area contributed by atoms with Gasteiger partial charge in [0.1, 0.15) is 11.2 Å². The van der Waals surface area contributed by atoms with Gasteiger partial charge in [-0.15, -0.1) is 0 Å². The van der Waals surface area contributed by atoms with E-state index in [0.29, 0.717) is 0 Å². The molecular weight excluding hydrogens is 569 g/mol. The molecule has 0 unspecified atom stereocenters. The van der Waals surface area contributed by atoms with Crippen molar-refractivity contribution in [2.75, 3.05) is 0 Å². The zero-order valence-corrected chi connectivity index (χ0v) is 23.4. The number of hydrogen-bond acceptors (Lipinski definition) is 1. The molecule has 0 amide bonds. The van der Waals surface area contributed by atoms with Crippen LogP contribution in [0.3, 0.4) is 0 Å². The van der Waals surface area contributed by atoms with Crippen LogP contribution in [0.25, 0.3) is 98.4 Å². The number of para-hydroxylation sites is 1. The molecule has 0 spiro atoms. The Bertz CT molecular complexity index is 4330. The second-order valence-corrected chi connectivity index (χ2v) is 10.3. The molecule has 9 aromatic carbocycles. The highest BCUT2D eigenvalue weighted by Gasteiger charge is 2.18. The first kappa shape index (κ1) is 10.7. The molecule has 1 nitrogen and oxygen atoms in total. The van der Waals surface area contributed by atoms with Crippen molar-refractivity contribution in [3.8, 4) is 33.4 Å². The molecule has 0 atom stereocenters. The largest absolute Gasteiger partial charge is 0.456 e. The Kier molecular flexibility index (Phi) is 2.31. The van der Waals surface area contributed by atoms with Crippen LogP contribution in [0.4, 0.5) is 0 Å². The maximum absolute atomic E-state index is 9.64. The molecule has 0 aliphatic carbocycles. The fourth-order valence-corrected chi connectivity index (χ4v) is 5.65. The summed E-state index contributed by atoms with van der Waals surface area (Å²) in [6.07, 6.45) is 0. The van der Waals surface area contributed by atoms with Crippen LogP contribution in [0.15, 0.2) is 174 Å². The van der Waals surface area contributed by atoms with Crippen molar-refractivity contribution in [1.29, 1.82) is 0 Å². The molecule has 1 aromatic heterocycles. The van der Waals surface area contributed by atoms with E-state index in [4.69, 9.17) is 27.7 Å². The first-order valence-corrected chi connectivity index (χ1v) is 13.9. The Hall–Kier alpha value is -6.18. The Morgan fingerprint density at radius 3 is 1.45 bits per heavy atom. The molecule has 218 valence electrons. The van der Waals surface area contributed by atoms with Crippen LogP contribution in [0.2, 0.25) is 0 Å². The summed E-state index contributed by atoms with van der Waals surface area (Å²) < 4.78 is 258. The summed E-state index contributed by atoms with van der Waals surface area (Å²) in [6, 6.07) is -25.5. The summed E-state index contributed by atoms with van der Waals surface area (Å²) in [6.45, 7) is 0. The van der Waals surface area contributed by atoms with Crippen LogP contribution >= 0.6 is 0 Å². The van der Waals surface area contributed by atoms with E-state index in [1.54, 1.807) is 0 Å². The van der Waals surface area contributed by atoms with E-state index in [9.17, 15) is 15.1 Å². The van der Waals surface area contributed by atoms with Gasteiger partial charge in [-0.2, -0.15) is 0 Å². The molecule has 0 fully saturated rings. The molecule has 0 saturated heterocycles. The van der Waals surface area contributed by atoms with Gasteiger partial charge in [0.15, 0.2) is 0 Å². The Balaban J connectivity index is 1.43. The minimum Gasteiger partial charge on any atom is -0.456 e. The van der Waals surface area contributed by atoms with E-state index < -0.39 is 268 Å². The molecule has 0 aliphatic heterocycles. The van der Waals surface area contributed by atoms with Gasteiger partial charge < -0.3 is 4.42 Å². The second kappa shape index (κ2) is 10.2. The highest BCUT2D eigenvalue weighted by molar-refractivity contribution is 6.22. The lowest BCUT2D eigenvalue weighted by Gasteiger charge is -2.18. The number of hydrogen-bond donors (Lipinski definition) is 0. The van der Waals surface area contributed by atoms with Gasteiger partial charge in [0.2, 0.25) is 0 Å². The topological polar surface area (TPSA) is 13.1 Å². The summed E-state index contributed by atoms with van der Waals surface area (Å²) in [5.74, 6) is 0. The second-order valence-electron chi connectivity index (χ2n) is 10.3. The summed E-state index contributed by atoms with van der Waals surface area (Å²) in [5, 5.41) is -6.02. The highest BCUT2D eigenvalue weighted by atomic mass is 16.3. The molecule has 0 aliphatic rings. The van der Waals surface area contributed by atoms with Crippen molar-refractivity contribution in [3.05, 3.63) is 169 Å². The van der Waals surface area contributed by atoms with Crippen molar-refractivity contribution in [3.63, 3.8) is 0 Å². The zero-order chi connectivity index (χ0) is 55.3. The first-order valence-electron chi connectivity index (χ1n) is 27.9. The molecule has 10 rings (SSSR count). The number of fused-ring (bicyclic) bond motifs is 8. The van der Waals surface area contributed by atoms with Gasteiger partial charge in [-0.3, -0.25) is 0 Å². The number of benzene rings is 9. The first-order chi connectivity index (χ1) is 35.0. The lowest BCUT2D eigenvalue weighted by atomic mass is 9.85. The van der Waals surface area contributed by atoms with E-state index >= 15 is 0 Å². The third kappa shape index (κ3) is 4.03. The minimum atomic E-state index is -1.11. The maximum Gasteiger partial charge on any atom is 0.135 e. The van der Waals surface area contributed by atoms with Crippen LogP contribution in [0, 0.1) is 0 Å². The van der Waals surface area contributed by atoms with Gasteiger partial charge in [-0.05, 0) is 101 Å². The van der Waals surface area contributed by atoms with Gasteiger partial charge in [0.25, 0.3) is 0 Å². The quantitative estimate of drug-likeness (QED) is 0.141. The molecule has 1 heterocycles. The third-order valence-electron chi connectivity index (χ3n) is 7.70. The van der Waals surface area contributed by atoms with E-state index in [1.165, 1.54) is 0 Å². The maximum atomic E-state index is 9.64. The zero-order valence-electron chi connectivity index (χ0n) is 51.4. The molecule has 0 saturated carbocycles. The molecule has 10 aromatic rings. The average molecular weight is 625 g/mol. The molecule has 0 radical (unpaired) electrons. The SMILES string of the molecule is [2H]c1c([2H])c(-c2c3c([2H])c([2H])c([2H])c([2H])c3c(-c3c([2H])c([2H])c4oc5c([2H])c([2H])c([2H])c([2H])c5c4c3[2H])c3c([2H])c([2H])c([2H])c([2H])c23)c([2H])c([2H])c1-c1c([2H])c([2H])c2c([2H])c([2H])c3c([2H])c([2H])c([2H])c([2H])c3c2c1[2H]. The third-order valence-corrected chi connectivity index (χ3v) is 7.70. The molecule has 0 bridgehead atoms. The van der Waals surface area contributed by atoms with E-state index in [0.717, 1.165) is 0 Å². The van der Waals surface area contributed by atoms with E-state index in [2.05, 4.69) is 0 Å². The summed E-state index contributed by atoms with van der Waals surface area (Å²) in [7, 11) is 0. The van der Waals surface area contributed by atoms with Crippen molar-refractivity contribution >= 4 is 65.0 Å². The molecule has 47 heavy (non-hydrogen) atoms. The Morgan fingerprint density at radius 1 is 0.298 bits per heavy atom. The monoisotopic (exact) mass is 624 g/mol. The Morgan fingerprint density at radius 2 is 0.745 bits per heavy atom. The van der Waals surface area contributed by atoms with Crippen molar-refractivity contribution < 1.29 is 42.8 Å². The van der Waals surface area contributed by atoms with Crippen molar-refractivity contribution in [2.45, 2.75) is 0 Å². The predicted molar refractivity (Wildman–Crippen MR) is 200 cm³/mol. The van der Waals surface area contributed by atoms with Gasteiger partial charge >= 0.3 is 0 Å². The average Bonchev–Trinajstić information content (AvgIpc) is 3.80. The highest BCUT2D eigenvalue weighted by Crippen LogP contribution is 2.45. The van der Waals surface area contributed by atoms with Gasteiger partial charge in [0, 0.05) is 10.8 Å². The summed E-state index contributed by atoms with van der Waals surface area (Å²) in [5.41, 5.74) is -5.83. The minimum absolute atomic E-state index is 0.428. The number of furan rings is 1. The van der Waals surface area contributed by atoms with Gasteiger partial charge in [-0.1, -0.05) is 145 Å². The van der Waals surface area contributed by atoms with Crippen LogP contribution < -0.4 is 0 Å². The smallest absolute Gasteiger partial charge is 0.135 e.